The molecule has 1 saturated carbocycles. The molecule has 0 bridgehead atoms. The van der Waals surface area contributed by atoms with Crippen LogP contribution in [0.1, 0.15) is 68.4 Å². The highest BCUT2D eigenvalue weighted by atomic mass is 35.5. The van der Waals surface area contributed by atoms with Gasteiger partial charge in [-0.3, -0.25) is 4.79 Å². The van der Waals surface area contributed by atoms with Crippen LogP contribution in [0.2, 0.25) is 5.02 Å². The lowest BCUT2D eigenvalue weighted by atomic mass is 9.81. The molecule has 1 aliphatic rings. The summed E-state index contributed by atoms with van der Waals surface area (Å²) >= 11 is 6.55. The zero-order chi connectivity index (χ0) is 31.9. The zero-order valence-corrected chi connectivity index (χ0v) is 27.4. The minimum absolute atomic E-state index is 0.0135. The molecule has 44 heavy (non-hydrogen) atoms. The minimum Gasteiger partial charge on any atom is -0.492 e. The number of halogens is 1. The molecule has 3 aromatic rings. The number of benzene rings is 2. The van der Waals surface area contributed by atoms with E-state index in [4.69, 9.17) is 30.8 Å². The van der Waals surface area contributed by atoms with Gasteiger partial charge < -0.3 is 24.4 Å². The number of nitrogens with one attached hydrogen (secondary N) is 1. The predicted octanol–water partition coefficient (Wildman–Crippen LogP) is 7.10. The highest BCUT2D eigenvalue weighted by Crippen LogP contribution is 2.38. The molecular formula is C35H44ClN3O5. The van der Waals surface area contributed by atoms with Crippen LogP contribution in [0.3, 0.4) is 0 Å². The smallest absolute Gasteiger partial charge is 0.331 e. The van der Waals surface area contributed by atoms with Gasteiger partial charge in [0, 0.05) is 17.7 Å². The summed E-state index contributed by atoms with van der Waals surface area (Å²) in [7, 11) is 5.40. The quantitative estimate of drug-likeness (QED) is 0.170. The van der Waals surface area contributed by atoms with Crippen molar-refractivity contribution in [3.63, 3.8) is 0 Å². The van der Waals surface area contributed by atoms with Crippen molar-refractivity contribution in [2.24, 2.45) is 0 Å². The molecule has 8 nitrogen and oxygen atoms in total. The van der Waals surface area contributed by atoms with E-state index in [0.717, 1.165) is 60.2 Å². The van der Waals surface area contributed by atoms with E-state index < -0.39 is 17.4 Å². The Morgan fingerprint density at radius 2 is 1.77 bits per heavy atom. The number of carbonyl (C=O) groups excluding carboxylic acids is 2. The van der Waals surface area contributed by atoms with E-state index in [0.29, 0.717) is 35.9 Å². The van der Waals surface area contributed by atoms with E-state index >= 15 is 0 Å². The Labute approximate surface area is 266 Å². The van der Waals surface area contributed by atoms with E-state index in [9.17, 15) is 9.59 Å². The number of amides is 1. The first-order valence-electron chi connectivity index (χ1n) is 15.3. The largest absolute Gasteiger partial charge is 0.492 e. The minimum atomic E-state index is -1.06. The molecule has 0 aliphatic heterocycles. The van der Waals surface area contributed by atoms with Gasteiger partial charge in [-0.1, -0.05) is 43.0 Å². The first-order valence-corrected chi connectivity index (χ1v) is 15.7. The maximum atomic E-state index is 13.7. The number of esters is 1. The third-order valence-corrected chi connectivity index (χ3v) is 8.16. The summed E-state index contributed by atoms with van der Waals surface area (Å²) in [5.74, 6) is 0.444. The lowest BCUT2D eigenvalue weighted by molar-refractivity contribution is -0.149. The second kappa shape index (κ2) is 14.9. The second-order valence-corrected chi connectivity index (χ2v) is 12.4. The van der Waals surface area contributed by atoms with Gasteiger partial charge in [-0.25, -0.2) is 9.78 Å². The van der Waals surface area contributed by atoms with Crippen molar-refractivity contribution in [1.29, 1.82) is 0 Å². The summed E-state index contributed by atoms with van der Waals surface area (Å²) in [4.78, 5) is 33.6. The van der Waals surface area contributed by atoms with Crippen LogP contribution in [0.4, 0.5) is 0 Å². The van der Waals surface area contributed by atoms with E-state index in [-0.39, 0.29) is 11.8 Å². The number of nitrogens with zero attached hydrogens (tertiary/aromatic N) is 2. The van der Waals surface area contributed by atoms with Crippen LogP contribution < -0.4 is 14.8 Å². The Morgan fingerprint density at radius 3 is 2.45 bits per heavy atom. The average Bonchev–Trinajstić information content (AvgIpc) is 3.00. The van der Waals surface area contributed by atoms with Gasteiger partial charge in [0.15, 0.2) is 0 Å². The number of aryl methyl sites for hydroxylation is 1. The molecule has 1 aliphatic carbocycles. The molecule has 1 N–H and O–H groups in total. The SMILES string of the molecule is COC(=O)C1(NC(=O)c2ccc(-c3cc(OC(C)C)ccc3C)c(-c3ccc(Cl)c(OCCCN(C)C)c3)n2)CCCCC1. The number of methoxy groups -OCH3 is 1. The molecule has 1 amide bonds. The molecule has 0 saturated heterocycles. The van der Waals surface area contributed by atoms with Crippen LogP contribution in [0.25, 0.3) is 22.4 Å². The normalized spacial score (nSPS) is 14.4. The van der Waals surface area contributed by atoms with Gasteiger partial charge >= 0.3 is 5.97 Å². The van der Waals surface area contributed by atoms with Gasteiger partial charge in [0.25, 0.3) is 5.91 Å². The van der Waals surface area contributed by atoms with Crippen LogP contribution in [-0.4, -0.2) is 67.8 Å². The monoisotopic (exact) mass is 621 g/mol. The second-order valence-electron chi connectivity index (χ2n) is 12.0. The number of aromatic nitrogens is 1. The van der Waals surface area contributed by atoms with Crippen LogP contribution in [0.15, 0.2) is 48.5 Å². The molecule has 236 valence electrons. The van der Waals surface area contributed by atoms with Crippen LogP contribution >= 0.6 is 11.6 Å². The number of hydrogen-bond donors (Lipinski definition) is 1. The predicted molar refractivity (Wildman–Crippen MR) is 175 cm³/mol. The Kier molecular flexibility index (Phi) is 11.3. The maximum Gasteiger partial charge on any atom is 0.331 e. The molecule has 2 aromatic carbocycles. The molecule has 0 radical (unpaired) electrons. The Balaban J connectivity index is 1.78. The number of pyridine rings is 1. The van der Waals surface area contributed by atoms with Gasteiger partial charge in [-0.15, -0.1) is 0 Å². The summed E-state index contributed by atoms with van der Waals surface area (Å²) in [5.41, 5.74) is 3.27. The van der Waals surface area contributed by atoms with E-state index in [1.807, 2.05) is 71.3 Å². The number of rotatable bonds is 12. The molecule has 4 rings (SSSR count). The van der Waals surface area contributed by atoms with E-state index in [1.165, 1.54) is 7.11 Å². The summed E-state index contributed by atoms with van der Waals surface area (Å²) < 4.78 is 17.2. The van der Waals surface area contributed by atoms with Crippen molar-refractivity contribution in [2.45, 2.75) is 70.9 Å². The third kappa shape index (κ3) is 8.10. The molecule has 9 heteroatoms. The van der Waals surface area contributed by atoms with Gasteiger partial charge in [-0.05, 0) is 102 Å². The van der Waals surface area contributed by atoms with Crippen molar-refractivity contribution in [3.05, 3.63) is 64.8 Å². The average molecular weight is 622 g/mol. The maximum absolute atomic E-state index is 13.7. The molecule has 0 unspecified atom stereocenters. The van der Waals surface area contributed by atoms with Gasteiger partial charge in [0.2, 0.25) is 0 Å². The van der Waals surface area contributed by atoms with Crippen molar-refractivity contribution in [2.75, 3.05) is 34.4 Å². The van der Waals surface area contributed by atoms with Crippen LogP contribution in [-0.2, 0) is 9.53 Å². The Bertz CT molecular complexity index is 1470. The van der Waals surface area contributed by atoms with Gasteiger partial charge in [-0.2, -0.15) is 0 Å². The first-order chi connectivity index (χ1) is 21.0. The fourth-order valence-corrected chi connectivity index (χ4v) is 5.77. The third-order valence-electron chi connectivity index (χ3n) is 7.85. The Hall–Kier alpha value is -3.62. The fourth-order valence-electron chi connectivity index (χ4n) is 5.60. The van der Waals surface area contributed by atoms with Crippen molar-refractivity contribution in [1.82, 2.24) is 15.2 Å². The zero-order valence-electron chi connectivity index (χ0n) is 26.7. The molecule has 0 spiro atoms. The highest BCUT2D eigenvalue weighted by Gasteiger charge is 2.42. The summed E-state index contributed by atoms with van der Waals surface area (Å²) in [6, 6.07) is 15.1. The Morgan fingerprint density at radius 1 is 1.02 bits per heavy atom. The number of carbonyl (C=O) groups is 2. The van der Waals surface area contributed by atoms with Gasteiger partial charge in [0.1, 0.15) is 22.7 Å². The fraction of sp³-hybridized carbons (Fsp3) is 0.457. The van der Waals surface area contributed by atoms with E-state index in [2.05, 4.69) is 10.2 Å². The lowest BCUT2D eigenvalue weighted by Gasteiger charge is -2.35. The van der Waals surface area contributed by atoms with E-state index in [1.54, 1.807) is 12.1 Å². The van der Waals surface area contributed by atoms with Crippen LogP contribution in [0, 0.1) is 6.92 Å². The molecule has 1 fully saturated rings. The standard InChI is InChI=1S/C35H44ClN3O5/c1-23(2)44-26-13-11-24(3)28(22-26)27-14-16-30(33(40)38-35(34(41)42-6)17-8-7-9-18-35)37-32(27)25-12-15-29(36)31(21-25)43-20-10-19-39(4)5/h11-16,21-23H,7-10,17-20H2,1-6H3,(H,38,40). The van der Waals surface area contributed by atoms with Crippen molar-refractivity contribution < 1.29 is 23.8 Å². The highest BCUT2D eigenvalue weighted by molar-refractivity contribution is 6.32. The molecule has 0 atom stereocenters. The lowest BCUT2D eigenvalue weighted by Crippen LogP contribution is -2.56. The molecule has 1 aromatic heterocycles. The number of ether oxygens (including phenoxy) is 3. The topological polar surface area (TPSA) is 90.0 Å². The first kappa shape index (κ1) is 33.3. The summed E-state index contributed by atoms with van der Waals surface area (Å²) in [6.45, 7) is 7.40. The molecular weight excluding hydrogens is 578 g/mol. The van der Waals surface area contributed by atoms with Gasteiger partial charge in [0.05, 0.1) is 30.5 Å². The summed E-state index contributed by atoms with van der Waals surface area (Å²) in [5, 5.41) is 3.49. The number of hydrogen-bond acceptors (Lipinski definition) is 7. The molecule has 1 heterocycles. The van der Waals surface area contributed by atoms with Crippen molar-refractivity contribution in [3.8, 4) is 33.9 Å². The van der Waals surface area contributed by atoms with Crippen LogP contribution in [0.5, 0.6) is 11.5 Å². The summed E-state index contributed by atoms with van der Waals surface area (Å²) in [6.07, 6.45) is 4.61. The van der Waals surface area contributed by atoms with Crippen molar-refractivity contribution >= 4 is 23.5 Å².